The number of amides is 1. The van der Waals surface area contributed by atoms with Crippen LogP contribution in [0, 0.1) is 10.1 Å². The Morgan fingerprint density at radius 1 is 1.41 bits per heavy atom. The van der Waals surface area contributed by atoms with Crippen molar-refractivity contribution in [2.75, 3.05) is 0 Å². The first-order valence-corrected chi connectivity index (χ1v) is 8.53. The molecule has 11 nitrogen and oxygen atoms in total. The number of nitrogens with one attached hydrogen (secondary N) is 1. The molecule has 1 unspecified atom stereocenters. The zero-order valence-electron chi connectivity index (χ0n) is 15.4. The average molecular weight is 399 g/mol. The fourth-order valence-corrected chi connectivity index (χ4v) is 3.15. The molecule has 0 fully saturated rings. The Labute approximate surface area is 163 Å². The minimum Gasteiger partial charge on any atom is -0.494 e. The van der Waals surface area contributed by atoms with Crippen LogP contribution in [0.15, 0.2) is 51.6 Å². The second-order valence-corrected chi connectivity index (χ2v) is 6.34. The minimum absolute atomic E-state index is 0.0378. The Kier molecular flexibility index (Phi) is 5.13. The number of nitro benzene ring substituents is 1. The largest absolute Gasteiger partial charge is 0.494 e. The predicted octanol–water partition coefficient (Wildman–Crippen LogP) is 1.03. The van der Waals surface area contributed by atoms with Crippen LogP contribution >= 0.6 is 0 Å². The van der Waals surface area contributed by atoms with Crippen LogP contribution in [0.4, 0.5) is 5.69 Å². The van der Waals surface area contributed by atoms with Crippen molar-refractivity contribution in [3.05, 3.63) is 79.0 Å². The predicted molar refractivity (Wildman–Crippen MR) is 103 cm³/mol. The van der Waals surface area contributed by atoms with Crippen molar-refractivity contribution in [2.45, 2.75) is 25.9 Å². The minimum atomic E-state index is -0.834. The van der Waals surface area contributed by atoms with Gasteiger partial charge in [0.1, 0.15) is 5.56 Å². The Morgan fingerprint density at radius 3 is 2.62 bits per heavy atom. The molecule has 1 aliphatic heterocycles. The second-order valence-electron chi connectivity index (χ2n) is 6.34. The van der Waals surface area contributed by atoms with E-state index in [0.29, 0.717) is 5.56 Å². The van der Waals surface area contributed by atoms with Crippen LogP contribution in [0.3, 0.4) is 0 Å². The molecule has 1 amide bonds. The molecule has 3 rings (SSSR count). The molecule has 1 aromatic heterocycles. The van der Waals surface area contributed by atoms with Gasteiger partial charge in [-0.1, -0.05) is 18.2 Å². The van der Waals surface area contributed by atoms with Crippen LogP contribution < -0.4 is 11.2 Å². The first-order valence-electron chi connectivity index (χ1n) is 8.53. The molecule has 150 valence electrons. The molecule has 1 aromatic carbocycles. The van der Waals surface area contributed by atoms with Gasteiger partial charge in [0.05, 0.1) is 16.7 Å². The summed E-state index contributed by atoms with van der Waals surface area (Å²) in [5.74, 6) is -0.996. The summed E-state index contributed by atoms with van der Waals surface area (Å²) in [6, 6.07) is 4.99. The number of aromatic hydroxyl groups is 1. The third kappa shape index (κ3) is 3.57. The van der Waals surface area contributed by atoms with Gasteiger partial charge in [0.2, 0.25) is 11.8 Å². The van der Waals surface area contributed by atoms with Gasteiger partial charge in [-0.2, -0.15) is 5.10 Å². The highest BCUT2D eigenvalue weighted by Crippen LogP contribution is 2.34. The van der Waals surface area contributed by atoms with Crippen LogP contribution in [-0.2, 0) is 11.3 Å². The van der Waals surface area contributed by atoms with Crippen molar-refractivity contribution >= 4 is 17.3 Å². The maximum Gasteiger partial charge on any atom is 0.331 e. The van der Waals surface area contributed by atoms with Crippen LogP contribution in [0.1, 0.15) is 30.5 Å². The first-order chi connectivity index (χ1) is 13.7. The average Bonchev–Trinajstić information content (AvgIpc) is 3.10. The molecular weight excluding hydrogens is 382 g/mol. The van der Waals surface area contributed by atoms with E-state index in [-0.39, 0.29) is 29.9 Å². The smallest absolute Gasteiger partial charge is 0.331 e. The number of carbonyl (C=O) groups excluding carboxylic acids is 1. The van der Waals surface area contributed by atoms with E-state index in [1.807, 2.05) is 0 Å². The van der Waals surface area contributed by atoms with Crippen LogP contribution in [0.25, 0.3) is 0 Å². The monoisotopic (exact) mass is 399 g/mol. The molecule has 0 bridgehead atoms. The molecule has 29 heavy (non-hydrogen) atoms. The number of allylic oxidation sites excluding steroid dienone is 1. The molecule has 0 saturated carbocycles. The fraction of sp³-hybridized carbons (Fsp3) is 0.222. The van der Waals surface area contributed by atoms with Crippen molar-refractivity contribution in [1.82, 2.24) is 14.6 Å². The molecule has 11 heteroatoms. The molecule has 1 atom stereocenters. The number of hydrogen-bond acceptors (Lipinski definition) is 7. The van der Waals surface area contributed by atoms with Crippen LogP contribution in [-0.4, -0.2) is 36.2 Å². The third-order valence-electron chi connectivity index (χ3n) is 4.49. The molecule has 0 saturated heterocycles. The summed E-state index contributed by atoms with van der Waals surface area (Å²) in [6.45, 7) is 4.75. The number of carbonyl (C=O) groups is 1. The number of nitrogens with zero attached hydrogens (tertiary/aromatic N) is 4. The number of aromatic amines is 1. The lowest BCUT2D eigenvalue weighted by atomic mass is 9.99. The number of rotatable bonds is 5. The first kappa shape index (κ1) is 19.7. The Hall–Kier alpha value is -4.02. The second kappa shape index (κ2) is 7.54. The quantitative estimate of drug-likeness (QED) is 0.435. The van der Waals surface area contributed by atoms with Gasteiger partial charge in [0.15, 0.2) is 0 Å². The number of nitro groups is 1. The Morgan fingerprint density at radius 2 is 2.07 bits per heavy atom. The highest BCUT2D eigenvalue weighted by Gasteiger charge is 2.34. The van der Waals surface area contributed by atoms with E-state index in [9.17, 15) is 29.6 Å². The van der Waals surface area contributed by atoms with Crippen molar-refractivity contribution in [3.8, 4) is 5.88 Å². The Bertz CT molecular complexity index is 1140. The number of hydrazone groups is 1. The zero-order chi connectivity index (χ0) is 21.3. The van der Waals surface area contributed by atoms with Crippen molar-refractivity contribution in [2.24, 2.45) is 5.10 Å². The normalized spacial score (nSPS) is 15.8. The van der Waals surface area contributed by atoms with Gasteiger partial charge < -0.3 is 5.11 Å². The molecule has 2 aromatic rings. The zero-order valence-corrected chi connectivity index (χ0v) is 15.4. The van der Waals surface area contributed by atoms with E-state index in [0.717, 1.165) is 9.58 Å². The highest BCUT2D eigenvalue weighted by atomic mass is 16.6. The Balaban J connectivity index is 2.06. The number of benzene rings is 1. The van der Waals surface area contributed by atoms with Gasteiger partial charge in [-0.3, -0.25) is 29.3 Å². The molecule has 0 spiro atoms. The summed E-state index contributed by atoms with van der Waals surface area (Å²) in [5, 5.41) is 26.6. The summed E-state index contributed by atoms with van der Waals surface area (Å²) in [7, 11) is 0. The molecule has 1 aliphatic rings. The maximum absolute atomic E-state index is 12.3. The van der Waals surface area contributed by atoms with E-state index in [4.69, 9.17) is 0 Å². The van der Waals surface area contributed by atoms with Gasteiger partial charge in [-0.05, 0) is 5.56 Å². The molecule has 2 N–H and O–H groups in total. The van der Waals surface area contributed by atoms with E-state index in [2.05, 4.69) is 16.7 Å². The number of non-ortho nitro benzene ring substituents is 1. The molecule has 0 radical (unpaired) electrons. The van der Waals surface area contributed by atoms with E-state index < -0.39 is 34.0 Å². The summed E-state index contributed by atoms with van der Waals surface area (Å²) < 4.78 is 0.920. The van der Waals surface area contributed by atoms with Crippen molar-refractivity contribution in [1.29, 1.82) is 0 Å². The van der Waals surface area contributed by atoms with E-state index >= 15 is 0 Å². The SMILES string of the molecule is C=CCn1c(O)c(C2=NN(C(C)=O)C(c3ccc([N+](=O)[O-])cc3)C2)c(=O)[nH]c1=O. The summed E-state index contributed by atoms with van der Waals surface area (Å²) in [4.78, 5) is 48.7. The topological polar surface area (TPSA) is 151 Å². The fourth-order valence-electron chi connectivity index (χ4n) is 3.15. The van der Waals surface area contributed by atoms with Gasteiger partial charge >= 0.3 is 5.69 Å². The summed E-state index contributed by atoms with van der Waals surface area (Å²) >= 11 is 0. The summed E-state index contributed by atoms with van der Waals surface area (Å²) in [6.07, 6.45) is 1.45. The number of hydrogen-bond donors (Lipinski definition) is 2. The molecule has 2 heterocycles. The van der Waals surface area contributed by atoms with Crippen LogP contribution in [0.5, 0.6) is 5.88 Å². The van der Waals surface area contributed by atoms with Gasteiger partial charge in [0.25, 0.3) is 11.2 Å². The number of H-pyrrole nitrogens is 1. The number of aromatic nitrogens is 2. The van der Waals surface area contributed by atoms with E-state index in [1.54, 1.807) is 0 Å². The maximum atomic E-state index is 12.3. The molecular formula is C18H17N5O6. The van der Waals surface area contributed by atoms with Crippen LogP contribution in [0.2, 0.25) is 0 Å². The van der Waals surface area contributed by atoms with Crippen molar-refractivity contribution in [3.63, 3.8) is 0 Å². The lowest BCUT2D eigenvalue weighted by Crippen LogP contribution is -2.33. The van der Waals surface area contributed by atoms with Gasteiger partial charge in [0, 0.05) is 32.0 Å². The van der Waals surface area contributed by atoms with Crippen molar-refractivity contribution < 1.29 is 14.8 Å². The molecule has 0 aliphatic carbocycles. The van der Waals surface area contributed by atoms with Gasteiger partial charge in [-0.15, -0.1) is 6.58 Å². The van der Waals surface area contributed by atoms with E-state index in [1.165, 1.54) is 37.3 Å². The lowest BCUT2D eigenvalue weighted by Gasteiger charge is -2.20. The summed E-state index contributed by atoms with van der Waals surface area (Å²) in [5.41, 5.74) is -1.28. The highest BCUT2D eigenvalue weighted by molar-refractivity contribution is 6.04. The van der Waals surface area contributed by atoms with Gasteiger partial charge in [-0.25, -0.2) is 9.80 Å². The third-order valence-corrected chi connectivity index (χ3v) is 4.49. The standard InChI is InChI=1S/C18H17N5O6/c1-3-8-21-17(26)15(16(25)19-18(21)27)13-9-14(22(20-13)10(2)24)11-4-6-12(7-5-11)23(28)29/h3-7,14,26H,1,8-9H2,2H3,(H,19,25,27). The lowest BCUT2D eigenvalue weighted by molar-refractivity contribution is -0.384.